The minimum atomic E-state index is 0.264. The van der Waals surface area contributed by atoms with Crippen LogP contribution in [0.4, 0.5) is 17.1 Å². The number of phenols is 1. The van der Waals surface area contributed by atoms with E-state index in [1.54, 1.807) is 6.07 Å². The molecule has 0 amide bonds. The Morgan fingerprint density at radius 2 is 0.922 bits per heavy atom. The lowest BCUT2D eigenvalue weighted by Crippen LogP contribution is -2.12. The van der Waals surface area contributed by atoms with Crippen molar-refractivity contribution in [3.8, 4) is 50.3 Å². The summed E-state index contributed by atoms with van der Waals surface area (Å²) in [6.07, 6.45) is 0. The highest BCUT2D eigenvalue weighted by atomic mass is 16.3. The number of nitrogens with zero attached hydrogens (tertiary/aromatic N) is 1. The van der Waals surface area contributed by atoms with Crippen LogP contribution in [0.2, 0.25) is 0 Å². The van der Waals surface area contributed by atoms with Crippen LogP contribution in [0.25, 0.3) is 66.4 Å². The minimum absolute atomic E-state index is 0.264. The zero-order chi connectivity index (χ0) is 34.1. The summed E-state index contributed by atoms with van der Waals surface area (Å²) in [6, 6.07) is 67.0. The maximum atomic E-state index is 10.8. The summed E-state index contributed by atoms with van der Waals surface area (Å²) in [5, 5.41) is 12.9. The second kappa shape index (κ2) is 12.9. The third-order valence-electron chi connectivity index (χ3n) is 9.59. The molecule has 0 fully saturated rings. The third kappa shape index (κ3) is 5.61. The highest BCUT2D eigenvalue weighted by Gasteiger charge is 2.23. The van der Waals surface area contributed by atoms with Gasteiger partial charge in [-0.25, -0.2) is 0 Å². The molecule has 1 aromatic heterocycles. The molecule has 0 atom stereocenters. The molecule has 9 rings (SSSR count). The fourth-order valence-corrected chi connectivity index (χ4v) is 7.11. The number of hydrogen-bond donors (Lipinski definition) is 1. The van der Waals surface area contributed by atoms with Crippen molar-refractivity contribution in [3.63, 3.8) is 0 Å². The number of hydrogen-bond acceptors (Lipinski definition) is 3. The summed E-state index contributed by atoms with van der Waals surface area (Å²) in [6.45, 7) is 0. The Morgan fingerprint density at radius 3 is 1.65 bits per heavy atom. The topological polar surface area (TPSA) is 36.6 Å². The van der Waals surface area contributed by atoms with E-state index in [0.29, 0.717) is 0 Å². The van der Waals surface area contributed by atoms with Crippen molar-refractivity contribution in [2.45, 2.75) is 0 Å². The van der Waals surface area contributed by atoms with Crippen molar-refractivity contribution >= 4 is 39.0 Å². The summed E-state index contributed by atoms with van der Waals surface area (Å²) in [5.41, 5.74) is 13.2. The number of phenolic OH excluding ortho intramolecular Hbond substituents is 1. The van der Waals surface area contributed by atoms with Crippen LogP contribution in [0, 0.1) is 0 Å². The monoisotopic (exact) mass is 655 g/mol. The average Bonchev–Trinajstić information content (AvgIpc) is 3.59. The molecule has 0 radical (unpaired) electrons. The molecule has 0 unspecified atom stereocenters. The molecule has 3 heteroatoms. The molecule has 0 saturated heterocycles. The van der Waals surface area contributed by atoms with Crippen molar-refractivity contribution in [1.82, 2.24) is 0 Å². The van der Waals surface area contributed by atoms with Gasteiger partial charge >= 0.3 is 0 Å². The molecule has 0 spiro atoms. The molecule has 0 saturated carbocycles. The van der Waals surface area contributed by atoms with Gasteiger partial charge in [0, 0.05) is 22.2 Å². The van der Waals surface area contributed by atoms with Gasteiger partial charge in [-0.1, -0.05) is 146 Å². The summed E-state index contributed by atoms with van der Waals surface area (Å²) in [5.74, 6) is 0.264. The highest BCUT2D eigenvalue weighted by Crippen LogP contribution is 2.47. The number of aromatic hydroxyl groups is 1. The number of rotatable bonds is 7. The summed E-state index contributed by atoms with van der Waals surface area (Å²) >= 11 is 0. The Morgan fingerprint density at radius 1 is 0.373 bits per heavy atom. The minimum Gasteiger partial charge on any atom is -0.507 e. The standard InChI is InChI=1S/C48H33NO2/c50-45-30-26-37(31-42(45)36-17-8-3-9-18-36)34-23-27-39(28-24-34)49(43-20-12-22-47-48(43)41-19-10-11-21-46(41)51-47)44-32-38(33-13-4-1-5-14-33)25-29-40(44)35-15-6-2-7-16-35/h1-32,50H. The molecular formula is C48H33NO2. The van der Waals surface area contributed by atoms with Crippen LogP contribution in [-0.4, -0.2) is 5.11 Å². The normalized spacial score (nSPS) is 11.2. The highest BCUT2D eigenvalue weighted by molar-refractivity contribution is 6.14. The van der Waals surface area contributed by atoms with E-state index in [2.05, 4.69) is 138 Å². The van der Waals surface area contributed by atoms with Crippen molar-refractivity contribution in [2.24, 2.45) is 0 Å². The Hall–Kier alpha value is -6.84. The molecule has 3 nitrogen and oxygen atoms in total. The maximum absolute atomic E-state index is 10.8. The van der Waals surface area contributed by atoms with Crippen LogP contribution in [0.1, 0.15) is 0 Å². The quantitative estimate of drug-likeness (QED) is 0.186. The van der Waals surface area contributed by atoms with Gasteiger partial charge in [-0.3, -0.25) is 0 Å². The van der Waals surface area contributed by atoms with Gasteiger partial charge in [-0.05, 0) is 81.9 Å². The van der Waals surface area contributed by atoms with Crippen LogP contribution in [0.5, 0.6) is 5.75 Å². The second-order valence-corrected chi connectivity index (χ2v) is 12.7. The number of benzene rings is 8. The molecule has 242 valence electrons. The maximum Gasteiger partial charge on any atom is 0.137 e. The van der Waals surface area contributed by atoms with Gasteiger partial charge in [0.1, 0.15) is 16.9 Å². The first kappa shape index (κ1) is 30.2. The lowest BCUT2D eigenvalue weighted by atomic mass is 9.96. The molecular weight excluding hydrogens is 623 g/mol. The van der Waals surface area contributed by atoms with Gasteiger partial charge in [0.15, 0.2) is 0 Å². The van der Waals surface area contributed by atoms with Crippen molar-refractivity contribution in [1.29, 1.82) is 0 Å². The lowest BCUT2D eigenvalue weighted by molar-refractivity contribution is 0.477. The van der Waals surface area contributed by atoms with Crippen molar-refractivity contribution in [3.05, 3.63) is 194 Å². The largest absolute Gasteiger partial charge is 0.507 e. The molecule has 0 aliphatic rings. The van der Waals surface area contributed by atoms with Crippen LogP contribution >= 0.6 is 0 Å². The molecule has 9 aromatic rings. The van der Waals surface area contributed by atoms with E-state index in [4.69, 9.17) is 4.42 Å². The van der Waals surface area contributed by atoms with Crippen molar-refractivity contribution in [2.75, 3.05) is 4.90 Å². The first-order valence-corrected chi connectivity index (χ1v) is 17.2. The van der Waals surface area contributed by atoms with E-state index in [-0.39, 0.29) is 5.75 Å². The molecule has 0 aliphatic heterocycles. The van der Waals surface area contributed by atoms with Crippen LogP contribution in [0.15, 0.2) is 199 Å². The Kier molecular flexibility index (Phi) is 7.64. The van der Waals surface area contributed by atoms with Crippen LogP contribution in [0.3, 0.4) is 0 Å². The average molecular weight is 656 g/mol. The van der Waals surface area contributed by atoms with E-state index in [1.807, 2.05) is 54.6 Å². The predicted molar refractivity (Wildman–Crippen MR) is 212 cm³/mol. The fraction of sp³-hybridized carbons (Fsp3) is 0. The van der Waals surface area contributed by atoms with Crippen molar-refractivity contribution < 1.29 is 9.52 Å². The number of furan rings is 1. The second-order valence-electron chi connectivity index (χ2n) is 12.7. The van der Waals surface area contributed by atoms with Gasteiger partial charge in [-0.2, -0.15) is 0 Å². The molecule has 1 N–H and O–H groups in total. The van der Waals surface area contributed by atoms with Gasteiger partial charge < -0.3 is 14.4 Å². The fourth-order valence-electron chi connectivity index (χ4n) is 7.11. The molecule has 1 heterocycles. The predicted octanol–water partition coefficient (Wildman–Crippen LogP) is 13.4. The Labute approximate surface area is 296 Å². The van der Waals surface area contributed by atoms with E-state index in [1.165, 1.54) is 0 Å². The van der Waals surface area contributed by atoms with Crippen LogP contribution in [-0.2, 0) is 0 Å². The number of fused-ring (bicyclic) bond motifs is 3. The zero-order valence-corrected chi connectivity index (χ0v) is 27.8. The SMILES string of the molecule is Oc1ccc(-c2ccc(N(c3cc(-c4ccccc4)ccc3-c3ccccc3)c3cccc4oc5ccccc5c34)cc2)cc1-c1ccccc1. The summed E-state index contributed by atoms with van der Waals surface area (Å²) in [4.78, 5) is 2.37. The first-order valence-electron chi connectivity index (χ1n) is 17.2. The zero-order valence-electron chi connectivity index (χ0n) is 27.8. The first-order chi connectivity index (χ1) is 25.2. The number of anilines is 3. The Balaban J connectivity index is 1.27. The van der Waals surface area contributed by atoms with E-state index >= 15 is 0 Å². The number of para-hydroxylation sites is 1. The molecule has 8 aromatic carbocycles. The molecule has 51 heavy (non-hydrogen) atoms. The van der Waals surface area contributed by atoms with Crippen LogP contribution < -0.4 is 4.90 Å². The molecule has 0 aliphatic carbocycles. The lowest BCUT2D eigenvalue weighted by Gasteiger charge is -2.29. The molecule has 0 bridgehead atoms. The van der Waals surface area contributed by atoms with Gasteiger partial charge in [-0.15, -0.1) is 0 Å². The van der Waals surface area contributed by atoms with E-state index < -0.39 is 0 Å². The smallest absolute Gasteiger partial charge is 0.137 e. The van der Waals surface area contributed by atoms with Gasteiger partial charge in [0.2, 0.25) is 0 Å². The summed E-state index contributed by atoms with van der Waals surface area (Å²) < 4.78 is 6.41. The third-order valence-corrected chi connectivity index (χ3v) is 9.59. The van der Waals surface area contributed by atoms with E-state index in [0.717, 1.165) is 83.5 Å². The van der Waals surface area contributed by atoms with Gasteiger partial charge in [0.25, 0.3) is 0 Å². The Bertz CT molecular complexity index is 2630. The summed E-state index contributed by atoms with van der Waals surface area (Å²) in [7, 11) is 0. The van der Waals surface area contributed by atoms with Gasteiger partial charge in [0.05, 0.1) is 16.8 Å². The van der Waals surface area contributed by atoms with E-state index in [9.17, 15) is 5.11 Å².